The van der Waals surface area contributed by atoms with Gasteiger partial charge in [0.1, 0.15) is 5.82 Å². The van der Waals surface area contributed by atoms with E-state index in [1.165, 1.54) is 6.07 Å². The van der Waals surface area contributed by atoms with Gasteiger partial charge in [-0.2, -0.15) is 4.98 Å². The second kappa shape index (κ2) is 7.90. The molecule has 2 rings (SSSR count). The maximum Gasteiger partial charge on any atom is 0.228 e. The molecule has 0 aliphatic rings. The summed E-state index contributed by atoms with van der Waals surface area (Å²) in [5, 5.41) is 10.2. The molecule has 1 aromatic carbocycles. The molecule has 2 N–H and O–H groups in total. The third-order valence-corrected chi connectivity index (χ3v) is 3.73. The summed E-state index contributed by atoms with van der Waals surface area (Å²) in [6.45, 7) is 7.15. The largest absolute Gasteiger partial charge is 0.356 e. The highest BCUT2D eigenvalue weighted by molar-refractivity contribution is 5.79. The van der Waals surface area contributed by atoms with Crippen molar-refractivity contribution in [1.82, 2.24) is 20.8 Å². The Morgan fingerprint density at radius 3 is 2.75 bits per heavy atom. The Bertz CT molecular complexity index is 696. The molecule has 1 aromatic heterocycles. The lowest BCUT2D eigenvalue weighted by Crippen LogP contribution is -2.44. The first-order valence-electron chi connectivity index (χ1n) is 7.90. The predicted molar refractivity (Wildman–Crippen MR) is 91.5 cm³/mol. The van der Waals surface area contributed by atoms with Gasteiger partial charge >= 0.3 is 0 Å². The Kier molecular flexibility index (Phi) is 5.89. The van der Waals surface area contributed by atoms with Crippen LogP contribution in [0.3, 0.4) is 0 Å². The van der Waals surface area contributed by atoms with Crippen molar-refractivity contribution in [2.75, 3.05) is 20.1 Å². The number of hydrogen-bond donors (Lipinski definition) is 2. The van der Waals surface area contributed by atoms with Gasteiger partial charge in [-0.05, 0) is 24.6 Å². The van der Waals surface area contributed by atoms with Gasteiger partial charge in [-0.25, -0.2) is 4.39 Å². The Hall–Kier alpha value is -2.44. The van der Waals surface area contributed by atoms with Crippen molar-refractivity contribution in [2.45, 2.75) is 32.6 Å². The third kappa shape index (κ3) is 5.04. The molecule has 24 heavy (non-hydrogen) atoms. The highest BCUT2D eigenvalue weighted by Gasteiger charge is 2.21. The molecule has 2 aromatic rings. The van der Waals surface area contributed by atoms with Crippen LogP contribution in [0.2, 0.25) is 0 Å². The number of guanidine groups is 1. The molecule has 0 aliphatic heterocycles. The number of aliphatic imine (C=N–C) groups is 1. The zero-order valence-corrected chi connectivity index (χ0v) is 14.6. The maximum atomic E-state index is 13.4. The summed E-state index contributed by atoms with van der Waals surface area (Å²) in [6.07, 6.45) is 0.620. The third-order valence-electron chi connectivity index (χ3n) is 3.73. The number of nitrogens with zero attached hydrogens (tertiary/aromatic N) is 3. The van der Waals surface area contributed by atoms with Crippen LogP contribution >= 0.6 is 0 Å². The van der Waals surface area contributed by atoms with Crippen LogP contribution in [0.4, 0.5) is 4.39 Å². The number of aryl methyl sites for hydroxylation is 1. The SMILES string of the molecule is CN=C(NCCc1nc(C)no1)NCC(C)(C)c1cccc(F)c1. The fourth-order valence-corrected chi connectivity index (χ4v) is 2.27. The number of benzene rings is 1. The van der Waals surface area contributed by atoms with Crippen molar-refractivity contribution >= 4 is 5.96 Å². The summed E-state index contributed by atoms with van der Waals surface area (Å²) < 4.78 is 18.5. The van der Waals surface area contributed by atoms with Gasteiger partial charge in [-0.1, -0.05) is 31.1 Å². The lowest BCUT2D eigenvalue weighted by atomic mass is 9.84. The highest BCUT2D eigenvalue weighted by atomic mass is 19.1. The summed E-state index contributed by atoms with van der Waals surface area (Å²) >= 11 is 0. The first kappa shape index (κ1) is 17.9. The molecule has 0 aliphatic carbocycles. The summed E-state index contributed by atoms with van der Waals surface area (Å²) in [5.41, 5.74) is 0.704. The van der Waals surface area contributed by atoms with E-state index in [0.29, 0.717) is 37.2 Å². The molecular formula is C17H24FN5O. The van der Waals surface area contributed by atoms with Gasteiger partial charge in [0, 0.05) is 32.0 Å². The fourth-order valence-electron chi connectivity index (χ4n) is 2.27. The van der Waals surface area contributed by atoms with Crippen LogP contribution in [-0.2, 0) is 11.8 Å². The van der Waals surface area contributed by atoms with Crippen molar-refractivity contribution in [3.8, 4) is 0 Å². The number of aromatic nitrogens is 2. The molecule has 0 radical (unpaired) electrons. The average Bonchev–Trinajstić information content (AvgIpc) is 2.96. The molecule has 0 amide bonds. The minimum atomic E-state index is -0.233. The van der Waals surface area contributed by atoms with E-state index in [1.807, 2.05) is 6.07 Å². The molecule has 1 heterocycles. The van der Waals surface area contributed by atoms with E-state index in [-0.39, 0.29) is 11.2 Å². The molecule has 0 saturated heterocycles. The van der Waals surface area contributed by atoms with E-state index >= 15 is 0 Å². The maximum absolute atomic E-state index is 13.4. The Labute approximate surface area is 141 Å². The zero-order valence-electron chi connectivity index (χ0n) is 14.6. The van der Waals surface area contributed by atoms with Crippen LogP contribution in [-0.4, -0.2) is 36.2 Å². The molecular weight excluding hydrogens is 309 g/mol. The van der Waals surface area contributed by atoms with Crippen molar-refractivity contribution in [3.63, 3.8) is 0 Å². The summed E-state index contributed by atoms with van der Waals surface area (Å²) in [6, 6.07) is 6.67. The first-order chi connectivity index (χ1) is 11.4. The van der Waals surface area contributed by atoms with Crippen LogP contribution in [0.15, 0.2) is 33.8 Å². The van der Waals surface area contributed by atoms with E-state index in [1.54, 1.807) is 26.1 Å². The smallest absolute Gasteiger partial charge is 0.228 e. The zero-order chi connectivity index (χ0) is 17.6. The normalized spacial score (nSPS) is 12.3. The monoisotopic (exact) mass is 333 g/mol. The van der Waals surface area contributed by atoms with E-state index in [2.05, 4.69) is 39.6 Å². The molecule has 6 nitrogen and oxygen atoms in total. The second-order valence-electron chi connectivity index (χ2n) is 6.23. The van der Waals surface area contributed by atoms with E-state index in [9.17, 15) is 4.39 Å². The van der Waals surface area contributed by atoms with Gasteiger partial charge < -0.3 is 15.2 Å². The molecule has 7 heteroatoms. The Morgan fingerprint density at radius 1 is 1.33 bits per heavy atom. The quantitative estimate of drug-likeness (QED) is 0.626. The molecule has 0 atom stereocenters. The van der Waals surface area contributed by atoms with Gasteiger partial charge in [-0.15, -0.1) is 0 Å². The van der Waals surface area contributed by atoms with Crippen LogP contribution in [0, 0.1) is 12.7 Å². The lowest BCUT2D eigenvalue weighted by Gasteiger charge is -2.26. The number of halogens is 1. The van der Waals surface area contributed by atoms with Crippen molar-refractivity contribution in [3.05, 3.63) is 47.4 Å². The topological polar surface area (TPSA) is 75.3 Å². The average molecular weight is 333 g/mol. The Balaban J connectivity index is 1.84. The molecule has 0 bridgehead atoms. The number of nitrogens with one attached hydrogen (secondary N) is 2. The van der Waals surface area contributed by atoms with E-state index in [0.717, 1.165) is 5.56 Å². The molecule has 0 spiro atoms. The molecule has 0 fully saturated rings. The highest BCUT2D eigenvalue weighted by Crippen LogP contribution is 2.22. The predicted octanol–water partition coefficient (Wildman–Crippen LogP) is 2.20. The summed E-state index contributed by atoms with van der Waals surface area (Å²) in [5.74, 6) is 1.67. The fraction of sp³-hybridized carbons (Fsp3) is 0.471. The second-order valence-corrected chi connectivity index (χ2v) is 6.23. The van der Waals surface area contributed by atoms with Gasteiger partial charge in [-0.3, -0.25) is 4.99 Å². The minimum absolute atomic E-state index is 0.224. The summed E-state index contributed by atoms with van der Waals surface area (Å²) in [7, 11) is 1.71. The molecule has 130 valence electrons. The minimum Gasteiger partial charge on any atom is -0.356 e. The van der Waals surface area contributed by atoms with Crippen molar-refractivity contribution in [2.24, 2.45) is 4.99 Å². The Morgan fingerprint density at radius 2 is 2.12 bits per heavy atom. The van der Waals surface area contributed by atoms with Crippen molar-refractivity contribution in [1.29, 1.82) is 0 Å². The first-order valence-corrected chi connectivity index (χ1v) is 7.90. The lowest BCUT2D eigenvalue weighted by molar-refractivity contribution is 0.374. The molecule has 0 unspecified atom stereocenters. The standard InChI is InChI=1S/C17H24FN5O/c1-12-22-15(24-23-12)8-9-20-16(19-4)21-11-17(2,3)13-6-5-7-14(18)10-13/h5-7,10H,8-9,11H2,1-4H3,(H2,19,20,21). The summed E-state index contributed by atoms with van der Waals surface area (Å²) in [4.78, 5) is 8.35. The van der Waals surface area contributed by atoms with Crippen LogP contribution in [0.25, 0.3) is 0 Å². The van der Waals surface area contributed by atoms with Gasteiger partial charge in [0.25, 0.3) is 0 Å². The van der Waals surface area contributed by atoms with E-state index < -0.39 is 0 Å². The van der Waals surface area contributed by atoms with Gasteiger partial charge in [0.2, 0.25) is 5.89 Å². The van der Waals surface area contributed by atoms with Crippen LogP contribution in [0.5, 0.6) is 0 Å². The van der Waals surface area contributed by atoms with Crippen LogP contribution < -0.4 is 10.6 Å². The van der Waals surface area contributed by atoms with Gasteiger partial charge in [0.15, 0.2) is 11.8 Å². The number of hydrogen-bond acceptors (Lipinski definition) is 4. The van der Waals surface area contributed by atoms with Crippen molar-refractivity contribution < 1.29 is 8.91 Å². The van der Waals surface area contributed by atoms with Gasteiger partial charge in [0.05, 0.1) is 0 Å². The van der Waals surface area contributed by atoms with E-state index in [4.69, 9.17) is 4.52 Å². The van der Waals surface area contributed by atoms with Crippen LogP contribution in [0.1, 0.15) is 31.1 Å². The number of rotatable bonds is 6. The molecule has 0 saturated carbocycles.